The minimum absolute atomic E-state index is 0.0621. The highest BCUT2D eigenvalue weighted by atomic mass is 16.5. The molecule has 5 rings (SSSR count). The van der Waals surface area contributed by atoms with E-state index in [1.807, 2.05) is 54.6 Å². The molecule has 35 heavy (non-hydrogen) atoms. The lowest BCUT2D eigenvalue weighted by molar-refractivity contribution is -0.137. The van der Waals surface area contributed by atoms with Gasteiger partial charge in [-0.1, -0.05) is 18.2 Å². The largest absolute Gasteiger partial charge is 0.494 e. The normalized spacial score (nSPS) is 13.0. The third kappa shape index (κ3) is 5.09. The fraction of sp³-hybridized carbons (Fsp3) is 0.286. The van der Waals surface area contributed by atoms with E-state index in [1.165, 1.54) is 0 Å². The monoisotopic (exact) mass is 472 g/mol. The second kappa shape index (κ2) is 10.1. The van der Waals surface area contributed by atoms with Crippen LogP contribution in [-0.2, 0) is 22.6 Å². The van der Waals surface area contributed by atoms with Crippen molar-refractivity contribution in [2.24, 2.45) is 0 Å². The standard InChI is InChI=1S/C28H28N2O5/c31-27-12-7-19-17-20(9-11-24(19)29-27)34-15-3-4-16-35-21-8-10-23-22-5-1-2-6-25(22)30(26(23)18-21)14-13-28(32)33/h1-2,5-6,8-11,17-18H,3-4,7,12-16H2,(H,29,31)(H,32,33). The molecule has 0 unspecified atom stereocenters. The van der Waals surface area contributed by atoms with Crippen molar-refractivity contribution in [2.45, 2.75) is 38.6 Å². The first kappa shape index (κ1) is 22.8. The maximum Gasteiger partial charge on any atom is 0.305 e. The van der Waals surface area contributed by atoms with E-state index in [0.717, 1.165) is 63.8 Å². The number of aryl methyl sites for hydroxylation is 2. The number of hydrogen-bond acceptors (Lipinski definition) is 4. The number of aromatic nitrogens is 1. The molecule has 0 aliphatic carbocycles. The van der Waals surface area contributed by atoms with Crippen LogP contribution in [0.25, 0.3) is 21.8 Å². The summed E-state index contributed by atoms with van der Waals surface area (Å²) in [7, 11) is 0. The fourth-order valence-electron chi connectivity index (χ4n) is 4.60. The Hall–Kier alpha value is -4.00. The number of rotatable bonds is 10. The van der Waals surface area contributed by atoms with E-state index in [0.29, 0.717) is 26.2 Å². The van der Waals surface area contributed by atoms with Crippen molar-refractivity contribution in [3.8, 4) is 11.5 Å². The number of carboxylic acids is 1. The Morgan fingerprint density at radius 2 is 1.60 bits per heavy atom. The molecule has 0 fully saturated rings. The van der Waals surface area contributed by atoms with Crippen LogP contribution in [0.2, 0.25) is 0 Å². The zero-order valence-electron chi connectivity index (χ0n) is 19.5. The van der Waals surface area contributed by atoms with Gasteiger partial charge in [0.2, 0.25) is 5.91 Å². The van der Waals surface area contributed by atoms with Gasteiger partial charge in [-0.15, -0.1) is 0 Å². The molecule has 0 bridgehead atoms. The van der Waals surface area contributed by atoms with Gasteiger partial charge in [0.15, 0.2) is 0 Å². The van der Waals surface area contributed by atoms with Crippen LogP contribution in [0.15, 0.2) is 60.7 Å². The summed E-state index contributed by atoms with van der Waals surface area (Å²) in [4.78, 5) is 22.6. The smallest absolute Gasteiger partial charge is 0.305 e. The van der Waals surface area contributed by atoms with Crippen LogP contribution in [0.4, 0.5) is 5.69 Å². The molecular weight excluding hydrogens is 444 g/mol. The number of amides is 1. The van der Waals surface area contributed by atoms with Crippen LogP contribution in [0.5, 0.6) is 11.5 Å². The number of hydrogen-bond donors (Lipinski definition) is 2. The third-order valence-electron chi connectivity index (χ3n) is 6.34. The molecule has 4 aromatic rings. The zero-order chi connectivity index (χ0) is 24.2. The van der Waals surface area contributed by atoms with E-state index in [9.17, 15) is 9.59 Å². The topological polar surface area (TPSA) is 89.8 Å². The average Bonchev–Trinajstić information content (AvgIpc) is 3.17. The number of para-hydroxylation sites is 1. The number of carbonyl (C=O) groups is 2. The number of ether oxygens (including phenoxy) is 2. The Bertz CT molecular complexity index is 1390. The van der Waals surface area contributed by atoms with Crippen LogP contribution < -0.4 is 14.8 Å². The molecule has 0 spiro atoms. The summed E-state index contributed by atoms with van der Waals surface area (Å²) in [6.45, 7) is 1.58. The molecule has 0 saturated heterocycles. The summed E-state index contributed by atoms with van der Waals surface area (Å²) >= 11 is 0. The highest BCUT2D eigenvalue weighted by Crippen LogP contribution is 2.32. The predicted octanol–water partition coefficient (Wildman–Crippen LogP) is 5.39. The van der Waals surface area contributed by atoms with E-state index in [1.54, 1.807) is 0 Å². The van der Waals surface area contributed by atoms with Crippen LogP contribution >= 0.6 is 0 Å². The van der Waals surface area contributed by atoms with E-state index in [-0.39, 0.29) is 12.3 Å². The van der Waals surface area contributed by atoms with Gasteiger partial charge in [0.05, 0.1) is 25.2 Å². The van der Waals surface area contributed by atoms with Gasteiger partial charge in [0.1, 0.15) is 11.5 Å². The molecule has 1 aliphatic rings. The molecule has 0 atom stereocenters. The first-order chi connectivity index (χ1) is 17.1. The highest BCUT2D eigenvalue weighted by Gasteiger charge is 2.15. The van der Waals surface area contributed by atoms with Gasteiger partial charge in [-0.05, 0) is 61.2 Å². The number of benzene rings is 3. The van der Waals surface area contributed by atoms with Gasteiger partial charge in [0, 0.05) is 41.0 Å². The Morgan fingerprint density at radius 1 is 0.886 bits per heavy atom. The lowest BCUT2D eigenvalue weighted by atomic mass is 10.0. The molecule has 1 amide bonds. The SMILES string of the molecule is O=C(O)CCn1c2ccccc2c2ccc(OCCCCOc3ccc4c(c3)CCC(=O)N4)cc21. The number of aliphatic carboxylic acids is 1. The first-order valence-corrected chi connectivity index (χ1v) is 12.0. The maximum absolute atomic E-state index is 11.5. The van der Waals surface area contributed by atoms with Gasteiger partial charge in [-0.25, -0.2) is 0 Å². The molecule has 0 saturated carbocycles. The van der Waals surface area contributed by atoms with Crippen LogP contribution in [-0.4, -0.2) is 34.8 Å². The Labute approximate surface area is 203 Å². The molecule has 7 nitrogen and oxygen atoms in total. The number of anilines is 1. The number of carboxylic acid groups (broad SMARTS) is 1. The molecule has 2 heterocycles. The second-order valence-corrected chi connectivity index (χ2v) is 8.76. The Balaban J connectivity index is 1.16. The summed E-state index contributed by atoms with van der Waals surface area (Å²) in [5, 5.41) is 14.3. The van der Waals surface area contributed by atoms with Crippen LogP contribution in [0, 0.1) is 0 Å². The Kier molecular flexibility index (Phi) is 6.57. The molecule has 2 N–H and O–H groups in total. The number of nitrogens with zero attached hydrogens (tertiary/aromatic N) is 1. The highest BCUT2D eigenvalue weighted by molar-refractivity contribution is 6.08. The van der Waals surface area contributed by atoms with E-state index in [2.05, 4.69) is 16.0 Å². The summed E-state index contributed by atoms with van der Waals surface area (Å²) in [6, 6.07) is 19.9. The van der Waals surface area contributed by atoms with E-state index >= 15 is 0 Å². The van der Waals surface area contributed by atoms with E-state index in [4.69, 9.17) is 14.6 Å². The van der Waals surface area contributed by atoms with Gasteiger partial charge >= 0.3 is 5.97 Å². The lowest BCUT2D eigenvalue weighted by Gasteiger charge is -2.17. The second-order valence-electron chi connectivity index (χ2n) is 8.76. The van der Waals surface area contributed by atoms with Gasteiger partial charge in [-0.2, -0.15) is 0 Å². The fourth-order valence-corrected chi connectivity index (χ4v) is 4.60. The molecule has 1 aromatic heterocycles. The summed E-state index contributed by atoms with van der Waals surface area (Å²) in [5.41, 5.74) is 4.00. The van der Waals surface area contributed by atoms with Crippen molar-refractivity contribution in [1.82, 2.24) is 4.57 Å². The average molecular weight is 473 g/mol. The van der Waals surface area contributed by atoms with Crippen LogP contribution in [0.3, 0.4) is 0 Å². The van der Waals surface area contributed by atoms with Gasteiger partial charge in [0.25, 0.3) is 0 Å². The maximum atomic E-state index is 11.5. The van der Waals surface area contributed by atoms with Crippen molar-refractivity contribution >= 4 is 39.4 Å². The number of unbranched alkanes of at least 4 members (excludes halogenated alkanes) is 1. The van der Waals surface area contributed by atoms with Crippen molar-refractivity contribution in [2.75, 3.05) is 18.5 Å². The molecule has 7 heteroatoms. The Morgan fingerprint density at radius 3 is 2.40 bits per heavy atom. The number of fused-ring (bicyclic) bond motifs is 4. The van der Waals surface area contributed by atoms with Crippen molar-refractivity contribution in [1.29, 1.82) is 0 Å². The number of nitrogens with one attached hydrogen (secondary N) is 1. The first-order valence-electron chi connectivity index (χ1n) is 12.0. The minimum atomic E-state index is -0.812. The molecule has 0 radical (unpaired) electrons. The molecule has 1 aliphatic heterocycles. The summed E-state index contributed by atoms with van der Waals surface area (Å²) < 4.78 is 13.9. The summed E-state index contributed by atoms with van der Waals surface area (Å²) in [6.07, 6.45) is 3.03. The quantitative estimate of drug-likeness (QED) is 0.302. The lowest BCUT2D eigenvalue weighted by Crippen LogP contribution is -2.18. The summed E-state index contributed by atoms with van der Waals surface area (Å²) in [5.74, 6) is 0.842. The zero-order valence-corrected chi connectivity index (χ0v) is 19.5. The predicted molar refractivity (Wildman–Crippen MR) is 135 cm³/mol. The molecule has 3 aromatic carbocycles. The molecule has 180 valence electrons. The van der Waals surface area contributed by atoms with Gasteiger partial charge in [-0.3, -0.25) is 9.59 Å². The van der Waals surface area contributed by atoms with Gasteiger partial charge < -0.3 is 24.5 Å². The third-order valence-corrected chi connectivity index (χ3v) is 6.34. The molecular formula is C28H28N2O5. The number of carbonyl (C=O) groups excluding carboxylic acids is 1. The van der Waals surface area contributed by atoms with Crippen LogP contribution in [0.1, 0.15) is 31.2 Å². The minimum Gasteiger partial charge on any atom is -0.494 e. The van der Waals surface area contributed by atoms with Crippen molar-refractivity contribution < 1.29 is 24.2 Å². The van der Waals surface area contributed by atoms with Crippen molar-refractivity contribution in [3.05, 3.63) is 66.2 Å². The van der Waals surface area contributed by atoms with E-state index < -0.39 is 5.97 Å². The van der Waals surface area contributed by atoms with Crippen molar-refractivity contribution in [3.63, 3.8) is 0 Å².